The standard InChI is InChI=1S/C24H34O3Si/c1-24(2,3)28(6,7)27-22-10-8-9-18-11-12-19(23(18)22)13-17-14-20(25-4)16-21(15-17)26-5/h8-10,14-16,19H,11-13H2,1-7H3. The van der Waals surface area contributed by atoms with Gasteiger partial charge in [-0.1, -0.05) is 32.9 Å². The minimum absolute atomic E-state index is 0.185. The molecule has 0 saturated carbocycles. The zero-order valence-electron chi connectivity index (χ0n) is 18.4. The van der Waals surface area contributed by atoms with Crippen LogP contribution in [0.15, 0.2) is 36.4 Å². The van der Waals surface area contributed by atoms with E-state index in [1.807, 2.05) is 6.07 Å². The maximum absolute atomic E-state index is 6.76. The fourth-order valence-electron chi connectivity index (χ4n) is 3.73. The molecule has 1 unspecified atom stereocenters. The van der Waals surface area contributed by atoms with E-state index >= 15 is 0 Å². The van der Waals surface area contributed by atoms with Crippen LogP contribution in [0.3, 0.4) is 0 Å². The first-order valence-electron chi connectivity index (χ1n) is 10.2. The molecule has 3 rings (SSSR count). The van der Waals surface area contributed by atoms with E-state index in [1.165, 1.54) is 16.7 Å². The van der Waals surface area contributed by atoms with Gasteiger partial charge in [0.2, 0.25) is 8.32 Å². The molecular weight excluding hydrogens is 364 g/mol. The molecule has 2 aromatic rings. The Kier molecular flexibility index (Phi) is 5.81. The van der Waals surface area contributed by atoms with Crippen LogP contribution in [0, 0.1) is 0 Å². The molecule has 0 radical (unpaired) electrons. The third-order valence-corrected chi connectivity index (χ3v) is 10.7. The highest BCUT2D eigenvalue weighted by Crippen LogP contribution is 2.45. The number of rotatable bonds is 6. The SMILES string of the molecule is COc1cc(CC2CCc3cccc(O[Si](C)(C)C(C)(C)C)c32)cc(OC)c1. The Balaban J connectivity index is 1.92. The van der Waals surface area contributed by atoms with E-state index < -0.39 is 8.32 Å². The van der Waals surface area contributed by atoms with Crippen LogP contribution in [-0.2, 0) is 12.8 Å². The van der Waals surface area contributed by atoms with Gasteiger partial charge in [0, 0.05) is 6.07 Å². The van der Waals surface area contributed by atoms with E-state index in [0.29, 0.717) is 5.92 Å². The van der Waals surface area contributed by atoms with Crippen molar-refractivity contribution in [1.29, 1.82) is 0 Å². The van der Waals surface area contributed by atoms with Crippen LogP contribution < -0.4 is 13.9 Å². The van der Waals surface area contributed by atoms with Crippen LogP contribution in [-0.4, -0.2) is 22.5 Å². The number of ether oxygens (including phenoxy) is 2. The van der Waals surface area contributed by atoms with E-state index in [9.17, 15) is 0 Å². The van der Waals surface area contributed by atoms with E-state index in [2.05, 4.69) is 64.2 Å². The molecule has 0 saturated heterocycles. The molecule has 0 fully saturated rings. The Hall–Kier alpha value is -1.94. The lowest BCUT2D eigenvalue weighted by Gasteiger charge is -2.37. The molecule has 2 aromatic carbocycles. The first-order valence-corrected chi connectivity index (χ1v) is 13.1. The van der Waals surface area contributed by atoms with Crippen molar-refractivity contribution >= 4 is 8.32 Å². The average Bonchev–Trinajstić information content (AvgIpc) is 3.04. The smallest absolute Gasteiger partial charge is 0.250 e. The van der Waals surface area contributed by atoms with Gasteiger partial charge in [-0.3, -0.25) is 0 Å². The summed E-state index contributed by atoms with van der Waals surface area (Å²) in [7, 11) is 1.53. The summed E-state index contributed by atoms with van der Waals surface area (Å²) >= 11 is 0. The molecule has 0 aliphatic heterocycles. The number of methoxy groups -OCH3 is 2. The number of benzene rings is 2. The minimum Gasteiger partial charge on any atom is -0.543 e. The second-order valence-electron chi connectivity index (χ2n) is 9.35. The van der Waals surface area contributed by atoms with Gasteiger partial charge in [-0.2, -0.15) is 0 Å². The molecule has 0 bridgehead atoms. The fourth-order valence-corrected chi connectivity index (χ4v) is 4.77. The van der Waals surface area contributed by atoms with E-state index in [0.717, 1.165) is 36.5 Å². The van der Waals surface area contributed by atoms with Crippen LogP contribution in [0.25, 0.3) is 0 Å². The van der Waals surface area contributed by atoms with Crippen LogP contribution in [0.2, 0.25) is 18.1 Å². The first kappa shape index (κ1) is 20.8. The molecule has 0 N–H and O–H groups in total. The van der Waals surface area contributed by atoms with Gasteiger partial charge in [-0.05, 0) is 78.2 Å². The molecule has 4 heteroatoms. The van der Waals surface area contributed by atoms with E-state index in [4.69, 9.17) is 13.9 Å². The summed E-state index contributed by atoms with van der Waals surface area (Å²) in [4.78, 5) is 0. The van der Waals surface area contributed by atoms with Crippen molar-refractivity contribution in [2.45, 2.75) is 64.1 Å². The van der Waals surface area contributed by atoms with Gasteiger partial charge in [0.25, 0.3) is 0 Å². The molecule has 28 heavy (non-hydrogen) atoms. The highest BCUT2D eigenvalue weighted by Gasteiger charge is 2.40. The molecule has 1 atom stereocenters. The topological polar surface area (TPSA) is 27.7 Å². The average molecular weight is 399 g/mol. The van der Waals surface area contributed by atoms with Crippen LogP contribution in [0.4, 0.5) is 0 Å². The largest absolute Gasteiger partial charge is 0.543 e. The third-order valence-electron chi connectivity index (χ3n) is 6.39. The van der Waals surface area contributed by atoms with Crippen LogP contribution >= 0.6 is 0 Å². The Morgan fingerprint density at radius 1 is 1.00 bits per heavy atom. The molecule has 0 amide bonds. The molecule has 0 spiro atoms. The van der Waals surface area contributed by atoms with Crippen molar-refractivity contribution in [2.24, 2.45) is 0 Å². The van der Waals surface area contributed by atoms with E-state index in [1.54, 1.807) is 14.2 Å². The Morgan fingerprint density at radius 2 is 1.64 bits per heavy atom. The zero-order chi connectivity index (χ0) is 20.5. The van der Waals surface area contributed by atoms with Gasteiger partial charge in [-0.25, -0.2) is 0 Å². The molecule has 152 valence electrons. The predicted molar refractivity (Wildman–Crippen MR) is 119 cm³/mol. The number of hydrogen-bond donors (Lipinski definition) is 0. The Labute approximate surface area is 171 Å². The predicted octanol–water partition coefficient (Wildman–Crippen LogP) is 6.36. The Morgan fingerprint density at radius 3 is 2.21 bits per heavy atom. The Bertz CT molecular complexity index is 814. The number of aryl methyl sites for hydroxylation is 1. The van der Waals surface area contributed by atoms with Gasteiger partial charge < -0.3 is 13.9 Å². The third kappa shape index (κ3) is 4.22. The highest BCUT2D eigenvalue weighted by molar-refractivity contribution is 6.74. The summed E-state index contributed by atoms with van der Waals surface area (Å²) in [5, 5.41) is 0.185. The molecule has 0 heterocycles. The van der Waals surface area contributed by atoms with E-state index in [-0.39, 0.29) is 5.04 Å². The van der Waals surface area contributed by atoms with Crippen LogP contribution in [0.5, 0.6) is 17.2 Å². The lowest BCUT2D eigenvalue weighted by atomic mass is 9.93. The monoisotopic (exact) mass is 398 g/mol. The number of hydrogen-bond acceptors (Lipinski definition) is 3. The maximum Gasteiger partial charge on any atom is 0.250 e. The highest BCUT2D eigenvalue weighted by atomic mass is 28.4. The van der Waals surface area contributed by atoms with Crippen molar-refractivity contribution in [3.8, 4) is 17.2 Å². The number of fused-ring (bicyclic) bond motifs is 1. The quantitative estimate of drug-likeness (QED) is 0.530. The second kappa shape index (κ2) is 7.82. The van der Waals surface area contributed by atoms with Crippen molar-refractivity contribution in [2.75, 3.05) is 14.2 Å². The van der Waals surface area contributed by atoms with Gasteiger partial charge >= 0.3 is 0 Å². The molecule has 0 aromatic heterocycles. The van der Waals surface area contributed by atoms with Crippen molar-refractivity contribution < 1.29 is 13.9 Å². The second-order valence-corrected chi connectivity index (χ2v) is 14.1. The van der Waals surface area contributed by atoms with Gasteiger partial charge in [-0.15, -0.1) is 0 Å². The molecular formula is C24H34O3Si. The minimum atomic E-state index is -1.88. The molecule has 3 nitrogen and oxygen atoms in total. The zero-order valence-corrected chi connectivity index (χ0v) is 19.4. The van der Waals surface area contributed by atoms with Gasteiger partial charge in [0.15, 0.2) is 0 Å². The summed E-state index contributed by atoms with van der Waals surface area (Å²) in [6.45, 7) is 11.5. The molecule has 1 aliphatic carbocycles. The molecule has 1 aliphatic rings. The van der Waals surface area contributed by atoms with Gasteiger partial charge in [0.05, 0.1) is 14.2 Å². The summed E-state index contributed by atoms with van der Waals surface area (Å²) in [5.41, 5.74) is 4.10. The lowest BCUT2D eigenvalue weighted by Crippen LogP contribution is -2.44. The fraction of sp³-hybridized carbons (Fsp3) is 0.500. The first-order chi connectivity index (χ1) is 13.1. The van der Waals surface area contributed by atoms with Crippen LogP contribution in [0.1, 0.15) is 49.8 Å². The van der Waals surface area contributed by atoms with Crippen molar-refractivity contribution in [1.82, 2.24) is 0 Å². The lowest BCUT2D eigenvalue weighted by molar-refractivity contribution is 0.393. The summed E-state index contributed by atoms with van der Waals surface area (Å²) in [6, 6.07) is 12.8. The summed E-state index contributed by atoms with van der Waals surface area (Å²) in [6.07, 6.45) is 3.25. The maximum atomic E-state index is 6.76. The van der Waals surface area contributed by atoms with Crippen molar-refractivity contribution in [3.05, 3.63) is 53.1 Å². The summed E-state index contributed by atoms with van der Waals surface area (Å²) in [5.74, 6) is 3.26. The summed E-state index contributed by atoms with van der Waals surface area (Å²) < 4.78 is 17.7. The van der Waals surface area contributed by atoms with Crippen molar-refractivity contribution in [3.63, 3.8) is 0 Å². The van der Waals surface area contributed by atoms with Gasteiger partial charge in [0.1, 0.15) is 17.2 Å². The normalized spacial score (nSPS) is 16.6.